The maximum Gasteiger partial charge on any atom is 0.152 e. The zero-order chi connectivity index (χ0) is 15.5. The average molecular weight is 299 g/mol. The van der Waals surface area contributed by atoms with Gasteiger partial charge in [0.2, 0.25) is 0 Å². The Morgan fingerprint density at radius 2 is 1.82 bits per heavy atom. The van der Waals surface area contributed by atoms with Gasteiger partial charge >= 0.3 is 0 Å². The molecule has 0 atom stereocenters. The zero-order valence-corrected chi connectivity index (χ0v) is 12.1. The summed E-state index contributed by atoms with van der Waals surface area (Å²) in [4.78, 5) is 7.94. The van der Waals surface area contributed by atoms with E-state index in [9.17, 15) is 8.78 Å². The summed E-state index contributed by atoms with van der Waals surface area (Å²) in [5.74, 6) is -0.879. The van der Waals surface area contributed by atoms with Crippen molar-refractivity contribution in [2.75, 3.05) is 11.9 Å². The minimum Gasteiger partial charge on any atom is -0.369 e. The van der Waals surface area contributed by atoms with Crippen LogP contribution in [0.5, 0.6) is 0 Å². The summed E-state index contributed by atoms with van der Waals surface area (Å²) in [6.45, 7) is 2.66. The number of hydrogen-bond acceptors (Lipinski definition) is 3. The van der Waals surface area contributed by atoms with Gasteiger partial charge in [0.05, 0.1) is 0 Å². The smallest absolute Gasteiger partial charge is 0.152 e. The molecule has 0 fully saturated rings. The molecule has 0 saturated heterocycles. The topological polar surface area (TPSA) is 37.8 Å². The van der Waals surface area contributed by atoms with Gasteiger partial charge in [-0.25, -0.2) is 18.7 Å². The molecule has 3 nitrogen and oxygen atoms in total. The lowest BCUT2D eigenvalue weighted by Crippen LogP contribution is -2.07. The van der Waals surface area contributed by atoms with Crippen LogP contribution in [0.2, 0.25) is 0 Å². The maximum atomic E-state index is 13.7. The Labute approximate surface area is 127 Å². The molecule has 112 valence electrons. The second-order valence-electron chi connectivity index (χ2n) is 5.17. The normalized spacial score (nSPS) is 10.9. The quantitative estimate of drug-likeness (QED) is 0.794. The molecular formula is C17H15F2N3. The monoisotopic (exact) mass is 299 g/mol. The summed E-state index contributed by atoms with van der Waals surface area (Å²) in [5, 5.41) is 3.47. The molecule has 3 aromatic rings. The van der Waals surface area contributed by atoms with Crippen LogP contribution in [0.1, 0.15) is 11.1 Å². The molecule has 3 rings (SSSR count). The van der Waals surface area contributed by atoms with E-state index < -0.39 is 11.6 Å². The van der Waals surface area contributed by atoms with E-state index in [-0.39, 0.29) is 5.52 Å². The number of halogens is 2. The Morgan fingerprint density at radius 3 is 2.59 bits per heavy atom. The second-order valence-corrected chi connectivity index (χ2v) is 5.17. The number of benzene rings is 2. The Balaban J connectivity index is 1.78. The highest BCUT2D eigenvalue weighted by molar-refractivity contribution is 5.89. The second kappa shape index (κ2) is 6.05. The fourth-order valence-corrected chi connectivity index (χ4v) is 2.31. The Morgan fingerprint density at radius 1 is 1.05 bits per heavy atom. The minimum absolute atomic E-state index is 0.120. The highest BCUT2D eigenvalue weighted by atomic mass is 19.1. The van der Waals surface area contributed by atoms with Crippen LogP contribution < -0.4 is 5.32 Å². The molecule has 5 heteroatoms. The van der Waals surface area contributed by atoms with E-state index in [0.29, 0.717) is 17.7 Å². The molecule has 0 aliphatic heterocycles. The van der Waals surface area contributed by atoms with E-state index in [4.69, 9.17) is 0 Å². The van der Waals surface area contributed by atoms with Crippen molar-refractivity contribution in [2.45, 2.75) is 13.3 Å². The van der Waals surface area contributed by atoms with Crippen LogP contribution in [0.25, 0.3) is 10.9 Å². The molecule has 0 amide bonds. The lowest BCUT2D eigenvalue weighted by atomic mass is 10.1. The van der Waals surface area contributed by atoms with Gasteiger partial charge in [-0.3, -0.25) is 0 Å². The van der Waals surface area contributed by atoms with E-state index in [1.807, 2.05) is 6.92 Å². The lowest BCUT2D eigenvalue weighted by molar-refractivity contribution is 0.590. The van der Waals surface area contributed by atoms with Gasteiger partial charge in [-0.15, -0.1) is 0 Å². The van der Waals surface area contributed by atoms with Crippen molar-refractivity contribution >= 4 is 16.7 Å². The number of nitrogens with zero attached hydrogens (tertiary/aromatic N) is 2. The largest absolute Gasteiger partial charge is 0.369 e. The first kappa shape index (κ1) is 14.4. The van der Waals surface area contributed by atoms with E-state index in [1.165, 1.54) is 23.5 Å². The number of aryl methyl sites for hydroxylation is 1. The number of nitrogens with one attached hydrogen (secondary N) is 1. The zero-order valence-electron chi connectivity index (χ0n) is 12.1. The van der Waals surface area contributed by atoms with Gasteiger partial charge in [0.25, 0.3) is 0 Å². The first-order valence-electron chi connectivity index (χ1n) is 7.02. The van der Waals surface area contributed by atoms with E-state index in [0.717, 1.165) is 12.5 Å². The summed E-state index contributed by atoms with van der Waals surface area (Å²) in [7, 11) is 0. The summed E-state index contributed by atoms with van der Waals surface area (Å²) in [6.07, 6.45) is 2.07. The van der Waals surface area contributed by atoms with Gasteiger partial charge in [0.1, 0.15) is 23.5 Å². The summed E-state index contributed by atoms with van der Waals surface area (Å²) < 4.78 is 27.1. The SMILES string of the molecule is Cc1ccc(CCNc2ncnc3c(F)cc(F)cc23)cc1. The van der Waals surface area contributed by atoms with Gasteiger partial charge in [-0.2, -0.15) is 0 Å². The third-order valence-electron chi connectivity index (χ3n) is 3.48. The van der Waals surface area contributed by atoms with Crippen LogP contribution in [-0.4, -0.2) is 16.5 Å². The standard InChI is InChI=1S/C17H15F2N3/c1-11-2-4-12(5-3-11)6-7-20-17-14-8-13(18)9-15(19)16(14)21-10-22-17/h2-5,8-10H,6-7H2,1H3,(H,20,21,22). The molecule has 0 spiro atoms. The Kier molecular flexibility index (Phi) is 3.96. The van der Waals surface area contributed by atoms with Crippen LogP contribution in [-0.2, 0) is 6.42 Å². The molecule has 0 unspecified atom stereocenters. The molecule has 2 aromatic carbocycles. The Hall–Kier alpha value is -2.56. The van der Waals surface area contributed by atoms with Crippen molar-refractivity contribution < 1.29 is 8.78 Å². The van der Waals surface area contributed by atoms with Crippen LogP contribution in [0.4, 0.5) is 14.6 Å². The van der Waals surface area contributed by atoms with E-state index in [2.05, 4.69) is 39.6 Å². The van der Waals surface area contributed by atoms with Crippen LogP contribution in [0.15, 0.2) is 42.7 Å². The molecule has 22 heavy (non-hydrogen) atoms. The first-order valence-corrected chi connectivity index (χ1v) is 7.02. The summed E-state index contributed by atoms with van der Waals surface area (Å²) in [5.41, 5.74) is 2.52. The minimum atomic E-state index is -0.681. The van der Waals surface area contributed by atoms with E-state index in [1.54, 1.807) is 0 Å². The molecule has 0 aliphatic carbocycles. The molecule has 0 radical (unpaired) electrons. The number of aromatic nitrogens is 2. The fourth-order valence-electron chi connectivity index (χ4n) is 2.31. The fraction of sp³-hybridized carbons (Fsp3) is 0.176. The van der Waals surface area contributed by atoms with Gasteiger partial charge in [0.15, 0.2) is 5.82 Å². The summed E-state index contributed by atoms with van der Waals surface area (Å²) in [6, 6.07) is 10.3. The van der Waals surface area contributed by atoms with Crippen LogP contribution in [0, 0.1) is 18.6 Å². The highest BCUT2D eigenvalue weighted by Gasteiger charge is 2.09. The lowest BCUT2D eigenvalue weighted by Gasteiger charge is -2.09. The van der Waals surface area contributed by atoms with Gasteiger partial charge in [0, 0.05) is 18.0 Å². The van der Waals surface area contributed by atoms with Crippen molar-refractivity contribution in [1.29, 1.82) is 0 Å². The molecule has 1 N–H and O–H groups in total. The summed E-state index contributed by atoms with van der Waals surface area (Å²) >= 11 is 0. The average Bonchev–Trinajstić information content (AvgIpc) is 2.50. The molecular weight excluding hydrogens is 284 g/mol. The van der Waals surface area contributed by atoms with Crippen molar-refractivity contribution in [3.63, 3.8) is 0 Å². The Bertz CT molecular complexity index is 801. The maximum absolute atomic E-state index is 13.7. The number of rotatable bonds is 4. The van der Waals surface area contributed by atoms with Crippen LogP contribution >= 0.6 is 0 Å². The first-order chi connectivity index (χ1) is 10.6. The van der Waals surface area contributed by atoms with Crippen molar-refractivity contribution in [3.05, 3.63) is 65.5 Å². The third kappa shape index (κ3) is 3.03. The van der Waals surface area contributed by atoms with Gasteiger partial charge < -0.3 is 5.32 Å². The third-order valence-corrected chi connectivity index (χ3v) is 3.48. The molecule has 1 aromatic heterocycles. The highest BCUT2D eigenvalue weighted by Crippen LogP contribution is 2.22. The molecule has 0 bridgehead atoms. The van der Waals surface area contributed by atoms with Gasteiger partial charge in [-0.1, -0.05) is 29.8 Å². The van der Waals surface area contributed by atoms with E-state index >= 15 is 0 Å². The predicted molar refractivity (Wildman–Crippen MR) is 82.8 cm³/mol. The molecule has 1 heterocycles. The molecule has 0 aliphatic rings. The van der Waals surface area contributed by atoms with Crippen molar-refractivity contribution in [2.24, 2.45) is 0 Å². The van der Waals surface area contributed by atoms with Crippen LogP contribution in [0.3, 0.4) is 0 Å². The number of hydrogen-bond donors (Lipinski definition) is 1. The van der Waals surface area contributed by atoms with Crippen molar-refractivity contribution in [1.82, 2.24) is 9.97 Å². The number of fused-ring (bicyclic) bond motifs is 1. The van der Waals surface area contributed by atoms with Crippen molar-refractivity contribution in [3.8, 4) is 0 Å². The van der Waals surface area contributed by atoms with Gasteiger partial charge in [-0.05, 0) is 25.0 Å². The predicted octanol–water partition coefficient (Wildman–Crippen LogP) is 3.87. The molecule has 0 saturated carbocycles. The number of anilines is 1.